The van der Waals surface area contributed by atoms with E-state index in [1.54, 1.807) is 0 Å². The lowest BCUT2D eigenvalue weighted by atomic mass is 9.98. The molecule has 6 nitrogen and oxygen atoms in total. The fourth-order valence-corrected chi connectivity index (χ4v) is 3.51. The first-order valence-corrected chi connectivity index (χ1v) is 11.2. The summed E-state index contributed by atoms with van der Waals surface area (Å²) in [5.41, 5.74) is 2.13. The average molecular weight is 424 g/mol. The van der Waals surface area contributed by atoms with E-state index < -0.39 is 0 Å². The highest BCUT2D eigenvalue weighted by Crippen LogP contribution is 2.20. The van der Waals surface area contributed by atoms with Gasteiger partial charge in [0.2, 0.25) is 5.91 Å². The van der Waals surface area contributed by atoms with Crippen molar-refractivity contribution in [3.8, 4) is 5.75 Å². The summed E-state index contributed by atoms with van der Waals surface area (Å²) in [7, 11) is 0. The van der Waals surface area contributed by atoms with Gasteiger partial charge in [-0.3, -0.25) is 9.59 Å². The Bertz CT molecular complexity index is 859. The second-order valence-corrected chi connectivity index (χ2v) is 8.18. The van der Waals surface area contributed by atoms with Crippen LogP contribution in [0.5, 0.6) is 5.75 Å². The second kappa shape index (κ2) is 11.4. The van der Waals surface area contributed by atoms with Gasteiger partial charge in [-0.25, -0.2) is 0 Å². The number of carbonyl (C=O) groups excluding carboxylic acids is 2. The molecule has 0 radical (unpaired) electrons. The van der Waals surface area contributed by atoms with Gasteiger partial charge in [0, 0.05) is 30.0 Å². The van der Waals surface area contributed by atoms with Gasteiger partial charge in [0.15, 0.2) is 0 Å². The van der Waals surface area contributed by atoms with Crippen molar-refractivity contribution in [2.24, 2.45) is 5.92 Å². The standard InChI is InChI=1S/C25H33N3O3/c1-3-4-16-31-23-10-8-21(9-11-23)27-24(29)18-26-22-7-5-6-20(17-22)25(30)28-14-12-19(2)13-15-28/h5-11,17,19,26H,3-4,12-16,18H2,1-2H3,(H,27,29). The van der Waals surface area contributed by atoms with Crippen LogP contribution in [-0.4, -0.2) is 43.0 Å². The van der Waals surface area contributed by atoms with E-state index in [4.69, 9.17) is 4.74 Å². The van der Waals surface area contributed by atoms with Gasteiger partial charge in [0.05, 0.1) is 13.2 Å². The van der Waals surface area contributed by atoms with E-state index in [-0.39, 0.29) is 18.4 Å². The Balaban J connectivity index is 1.48. The van der Waals surface area contributed by atoms with Gasteiger partial charge in [-0.05, 0) is 67.6 Å². The van der Waals surface area contributed by atoms with E-state index in [1.165, 1.54) is 0 Å². The van der Waals surface area contributed by atoms with Gasteiger partial charge in [-0.15, -0.1) is 0 Å². The maximum atomic E-state index is 12.8. The first kappa shape index (κ1) is 22.7. The minimum absolute atomic E-state index is 0.0567. The largest absolute Gasteiger partial charge is 0.494 e. The Morgan fingerprint density at radius 3 is 2.52 bits per heavy atom. The van der Waals surface area contributed by atoms with Gasteiger partial charge in [0.25, 0.3) is 5.91 Å². The van der Waals surface area contributed by atoms with E-state index >= 15 is 0 Å². The molecule has 1 heterocycles. The number of likely N-dealkylation sites (tertiary alicyclic amines) is 1. The van der Waals surface area contributed by atoms with Crippen molar-refractivity contribution in [1.29, 1.82) is 0 Å². The van der Waals surface area contributed by atoms with Crippen molar-refractivity contribution >= 4 is 23.2 Å². The molecular weight excluding hydrogens is 390 g/mol. The van der Waals surface area contributed by atoms with E-state index in [0.717, 1.165) is 55.9 Å². The molecule has 31 heavy (non-hydrogen) atoms. The van der Waals surface area contributed by atoms with Crippen LogP contribution in [0.15, 0.2) is 48.5 Å². The topological polar surface area (TPSA) is 70.7 Å². The SMILES string of the molecule is CCCCOc1ccc(NC(=O)CNc2cccc(C(=O)N3CCC(C)CC3)c2)cc1. The third-order valence-electron chi connectivity index (χ3n) is 5.54. The van der Waals surface area contributed by atoms with Crippen molar-refractivity contribution in [2.75, 3.05) is 36.9 Å². The first-order chi connectivity index (χ1) is 15.0. The maximum Gasteiger partial charge on any atom is 0.253 e. The van der Waals surface area contributed by atoms with Crippen LogP contribution >= 0.6 is 0 Å². The Morgan fingerprint density at radius 2 is 1.81 bits per heavy atom. The third kappa shape index (κ3) is 7.02. The minimum Gasteiger partial charge on any atom is -0.494 e. The molecule has 2 aromatic carbocycles. The number of rotatable bonds is 9. The molecule has 1 saturated heterocycles. The molecule has 1 aliphatic heterocycles. The fraction of sp³-hybridized carbons (Fsp3) is 0.440. The zero-order valence-corrected chi connectivity index (χ0v) is 18.5. The lowest BCUT2D eigenvalue weighted by Gasteiger charge is -2.30. The Hall–Kier alpha value is -3.02. The zero-order valence-electron chi connectivity index (χ0n) is 18.5. The second-order valence-electron chi connectivity index (χ2n) is 8.18. The van der Waals surface area contributed by atoms with E-state index in [2.05, 4.69) is 24.5 Å². The Kier molecular flexibility index (Phi) is 8.33. The highest BCUT2D eigenvalue weighted by molar-refractivity contribution is 5.96. The third-order valence-corrected chi connectivity index (χ3v) is 5.54. The van der Waals surface area contributed by atoms with E-state index in [9.17, 15) is 9.59 Å². The molecule has 6 heteroatoms. The molecule has 1 aliphatic rings. The maximum absolute atomic E-state index is 12.8. The summed E-state index contributed by atoms with van der Waals surface area (Å²) in [5, 5.41) is 5.98. The minimum atomic E-state index is -0.151. The number of amides is 2. The van der Waals surface area contributed by atoms with Crippen molar-refractivity contribution < 1.29 is 14.3 Å². The number of benzene rings is 2. The molecule has 2 N–H and O–H groups in total. The van der Waals surface area contributed by atoms with Crippen molar-refractivity contribution in [3.63, 3.8) is 0 Å². The van der Waals surface area contributed by atoms with Crippen LogP contribution in [-0.2, 0) is 4.79 Å². The predicted molar refractivity (Wildman–Crippen MR) is 125 cm³/mol. The van der Waals surface area contributed by atoms with Crippen LogP contribution in [0, 0.1) is 5.92 Å². The van der Waals surface area contributed by atoms with Gasteiger partial charge >= 0.3 is 0 Å². The monoisotopic (exact) mass is 423 g/mol. The lowest BCUT2D eigenvalue weighted by molar-refractivity contribution is -0.114. The molecule has 166 valence electrons. The van der Waals surface area contributed by atoms with Crippen molar-refractivity contribution in [3.05, 3.63) is 54.1 Å². The van der Waals surface area contributed by atoms with Crippen LogP contribution in [0.2, 0.25) is 0 Å². The summed E-state index contributed by atoms with van der Waals surface area (Å²) in [6, 6.07) is 14.7. The molecule has 0 aliphatic carbocycles. The summed E-state index contributed by atoms with van der Waals surface area (Å²) in [6.45, 7) is 6.79. The summed E-state index contributed by atoms with van der Waals surface area (Å²) >= 11 is 0. The Labute approximate surface area is 185 Å². The number of unbranched alkanes of at least 4 members (excludes halogenated alkanes) is 1. The number of nitrogens with zero attached hydrogens (tertiary/aromatic N) is 1. The van der Waals surface area contributed by atoms with E-state index in [0.29, 0.717) is 18.1 Å². The van der Waals surface area contributed by atoms with Gasteiger partial charge < -0.3 is 20.3 Å². The highest BCUT2D eigenvalue weighted by Gasteiger charge is 2.21. The molecule has 2 aromatic rings. The first-order valence-electron chi connectivity index (χ1n) is 11.2. The van der Waals surface area contributed by atoms with Crippen LogP contribution in [0.4, 0.5) is 11.4 Å². The van der Waals surface area contributed by atoms with Crippen molar-refractivity contribution in [2.45, 2.75) is 39.5 Å². The molecule has 0 atom stereocenters. The smallest absolute Gasteiger partial charge is 0.253 e. The molecule has 1 fully saturated rings. The number of piperidine rings is 1. The van der Waals surface area contributed by atoms with Crippen molar-refractivity contribution in [1.82, 2.24) is 4.90 Å². The number of hydrogen-bond acceptors (Lipinski definition) is 4. The zero-order chi connectivity index (χ0) is 22.1. The van der Waals surface area contributed by atoms with Gasteiger partial charge in [0.1, 0.15) is 5.75 Å². The van der Waals surface area contributed by atoms with Gasteiger partial charge in [-0.1, -0.05) is 26.3 Å². The molecule has 0 bridgehead atoms. The van der Waals surface area contributed by atoms with Gasteiger partial charge in [-0.2, -0.15) is 0 Å². The van der Waals surface area contributed by atoms with Crippen LogP contribution in [0.25, 0.3) is 0 Å². The number of carbonyl (C=O) groups is 2. The molecule has 0 aromatic heterocycles. The number of anilines is 2. The molecule has 0 spiro atoms. The van der Waals surface area contributed by atoms with E-state index in [1.807, 2.05) is 53.4 Å². The molecular formula is C25H33N3O3. The van der Waals surface area contributed by atoms with Crippen LogP contribution in [0.3, 0.4) is 0 Å². The number of hydrogen-bond donors (Lipinski definition) is 2. The predicted octanol–water partition coefficient (Wildman–Crippen LogP) is 4.79. The average Bonchev–Trinajstić information content (AvgIpc) is 2.79. The fourth-order valence-electron chi connectivity index (χ4n) is 3.51. The quantitative estimate of drug-likeness (QED) is 0.569. The lowest BCUT2D eigenvalue weighted by Crippen LogP contribution is -2.37. The molecule has 0 saturated carbocycles. The summed E-state index contributed by atoms with van der Waals surface area (Å²) in [5.74, 6) is 1.39. The highest BCUT2D eigenvalue weighted by atomic mass is 16.5. The summed E-state index contributed by atoms with van der Waals surface area (Å²) < 4.78 is 5.64. The molecule has 2 amide bonds. The Morgan fingerprint density at radius 1 is 1.06 bits per heavy atom. The molecule has 3 rings (SSSR count). The summed E-state index contributed by atoms with van der Waals surface area (Å²) in [4.78, 5) is 27.0. The van der Waals surface area contributed by atoms with Crippen LogP contribution < -0.4 is 15.4 Å². The number of nitrogens with one attached hydrogen (secondary N) is 2. The van der Waals surface area contributed by atoms with Crippen LogP contribution in [0.1, 0.15) is 49.9 Å². The normalized spacial score (nSPS) is 14.2. The summed E-state index contributed by atoms with van der Waals surface area (Å²) in [6.07, 6.45) is 4.22. The number of ether oxygens (including phenoxy) is 1. The molecule has 0 unspecified atom stereocenters.